The molecule has 2 aromatic rings. The van der Waals surface area contributed by atoms with Gasteiger partial charge in [-0.2, -0.15) is 4.39 Å². The van der Waals surface area contributed by atoms with Crippen LogP contribution in [0.1, 0.15) is 29.3 Å². The van der Waals surface area contributed by atoms with E-state index in [0.29, 0.717) is 6.42 Å². The molecule has 0 aliphatic rings. The molecule has 0 saturated heterocycles. The van der Waals surface area contributed by atoms with Crippen molar-refractivity contribution in [2.24, 2.45) is 0 Å². The molecule has 0 aliphatic carbocycles. The fraction of sp³-hybridized carbons (Fsp3) is 0.235. The SMILES string of the molecule is CCC(=O)c1ccc(OCc2ccccc2)c(F)c1OC. The molecule has 0 atom stereocenters. The molecule has 21 heavy (non-hydrogen) atoms. The first-order valence-electron chi connectivity index (χ1n) is 6.73. The van der Waals surface area contributed by atoms with Crippen molar-refractivity contribution in [3.8, 4) is 11.5 Å². The van der Waals surface area contributed by atoms with Gasteiger partial charge >= 0.3 is 0 Å². The second kappa shape index (κ2) is 6.88. The lowest BCUT2D eigenvalue weighted by atomic mass is 10.1. The van der Waals surface area contributed by atoms with Crippen LogP contribution in [0.15, 0.2) is 42.5 Å². The minimum atomic E-state index is -0.646. The number of Topliss-reactive ketones (excluding diaryl/α,β-unsaturated/α-hetero) is 1. The van der Waals surface area contributed by atoms with Crippen molar-refractivity contribution in [2.75, 3.05) is 7.11 Å². The number of methoxy groups -OCH3 is 1. The van der Waals surface area contributed by atoms with E-state index in [-0.39, 0.29) is 29.5 Å². The summed E-state index contributed by atoms with van der Waals surface area (Å²) >= 11 is 0. The highest BCUT2D eigenvalue weighted by molar-refractivity contribution is 5.98. The topological polar surface area (TPSA) is 35.5 Å². The van der Waals surface area contributed by atoms with Crippen LogP contribution in [0.25, 0.3) is 0 Å². The van der Waals surface area contributed by atoms with Crippen LogP contribution >= 0.6 is 0 Å². The van der Waals surface area contributed by atoms with E-state index in [2.05, 4.69) is 0 Å². The zero-order valence-corrected chi connectivity index (χ0v) is 12.1. The van der Waals surface area contributed by atoms with Crippen LogP contribution in [0.5, 0.6) is 11.5 Å². The summed E-state index contributed by atoms with van der Waals surface area (Å²) in [6, 6.07) is 12.5. The maximum absolute atomic E-state index is 14.3. The van der Waals surface area contributed by atoms with Crippen LogP contribution in [-0.2, 0) is 6.61 Å². The van der Waals surface area contributed by atoms with E-state index < -0.39 is 5.82 Å². The molecule has 0 N–H and O–H groups in total. The van der Waals surface area contributed by atoms with Gasteiger partial charge in [0.1, 0.15) is 6.61 Å². The molecule has 0 saturated carbocycles. The number of ether oxygens (including phenoxy) is 2. The lowest BCUT2D eigenvalue weighted by molar-refractivity contribution is 0.0984. The van der Waals surface area contributed by atoms with Gasteiger partial charge < -0.3 is 9.47 Å². The van der Waals surface area contributed by atoms with Gasteiger partial charge in [0.25, 0.3) is 0 Å². The summed E-state index contributed by atoms with van der Waals surface area (Å²) in [5.41, 5.74) is 1.18. The molecule has 0 amide bonds. The highest BCUT2D eigenvalue weighted by Crippen LogP contribution is 2.31. The van der Waals surface area contributed by atoms with Gasteiger partial charge in [0.15, 0.2) is 17.3 Å². The predicted octanol–water partition coefficient (Wildman–Crippen LogP) is 4.01. The quantitative estimate of drug-likeness (QED) is 0.753. The van der Waals surface area contributed by atoms with Crippen LogP contribution in [0, 0.1) is 5.82 Å². The number of hydrogen-bond donors (Lipinski definition) is 0. The normalized spacial score (nSPS) is 10.2. The molecular weight excluding hydrogens is 271 g/mol. The molecule has 0 heterocycles. The van der Waals surface area contributed by atoms with Crippen LogP contribution < -0.4 is 9.47 Å². The molecule has 0 radical (unpaired) electrons. The van der Waals surface area contributed by atoms with Gasteiger partial charge in [-0.15, -0.1) is 0 Å². The van der Waals surface area contributed by atoms with E-state index in [1.54, 1.807) is 6.92 Å². The third-order valence-electron chi connectivity index (χ3n) is 3.12. The second-order valence-corrected chi connectivity index (χ2v) is 4.51. The summed E-state index contributed by atoms with van der Waals surface area (Å²) in [7, 11) is 1.34. The number of ketones is 1. The van der Waals surface area contributed by atoms with Crippen LogP contribution in [0.3, 0.4) is 0 Å². The molecule has 110 valence electrons. The number of carbonyl (C=O) groups is 1. The van der Waals surface area contributed by atoms with Crippen LogP contribution in [-0.4, -0.2) is 12.9 Å². The summed E-state index contributed by atoms with van der Waals surface area (Å²) in [6.45, 7) is 1.97. The van der Waals surface area contributed by atoms with Crippen LogP contribution in [0.4, 0.5) is 4.39 Å². The number of carbonyl (C=O) groups excluding carboxylic acids is 1. The first-order chi connectivity index (χ1) is 10.2. The summed E-state index contributed by atoms with van der Waals surface area (Å²) < 4.78 is 24.8. The molecule has 0 aliphatic heterocycles. The van der Waals surface area contributed by atoms with Gasteiger partial charge in [0.05, 0.1) is 12.7 Å². The summed E-state index contributed by atoms with van der Waals surface area (Å²) in [6.07, 6.45) is 0.292. The monoisotopic (exact) mass is 288 g/mol. The van der Waals surface area contributed by atoms with Crippen molar-refractivity contribution < 1.29 is 18.7 Å². The van der Waals surface area contributed by atoms with Gasteiger partial charge in [-0.3, -0.25) is 4.79 Å². The minimum absolute atomic E-state index is 0.0626. The Morgan fingerprint density at radius 2 is 1.86 bits per heavy atom. The number of benzene rings is 2. The smallest absolute Gasteiger partial charge is 0.207 e. The van der Waals surface area contributed by atoms with E-state index in [1.807, 2.05) is 30.3 Å². The summed E-state index contributed by atoms with van der Waals surface area (Å²) in [4.78, 5) is 11.7. The van der Waals surface area contributed by atoms with E-state index in [4.69, 9.17) is 9.47 Å². The number of rotatable bonds is 6. The van der Waals surface area contributed by atoms with Gasteiger partial charge in [-0.25, -0.2) is 0 Å². The lowest BCUT2D eigenvalue weighted by Crippen LogP contribution is -2.05. The highest BCUT2D eigenvalue weighted by Gasteiger charge is 2.19. The Hall–Kier alpha value is -2.36. The van der Waals surface area contributed by atoms with Crippen molar-refractivity contribution in [1.82, 2.24) is 0 Å². The molecule has 3 nitrogen and oxygen atoms in total. The first-order valence-corrected chi connectivity index (χ1v) is 6.73. The molecule has 0 unspecified atom stereocenters. The molecule has 0 bridgehead atoms. The molecule has 4 heteroatoms. The zero-order chi connectivity index (χ0) is 15.2. The van der Waals surface area contributed by atoms with Crippen molar-refractivity contribution in [3.63, 3.8) is 0 Å². The fourth-order valence-electron chi connectivity index (χ4n) is 1.99. The van der Waals surface area contributed by atoms with Crippen molar-refractivity contribution in [3.05, 3.63) is 59.4 Å². The maximum atomic E-state index is 14.3. The maximum Gasteiger partial charge on any atom is 0.207 e. The molecule has 0 aromatic heterocycles. The fourth-order valence-corrected chi connectivity index (χ4v) is 1.99. The van der Waals surface area contributed by atoms with E-state index >= 15 is 0 Å². The molecular formula is C17H17FO3. The first kappa shape index (κ1) is 15.0. The minimum Gasteiger partial charge on any atom is -0.493 e. The Morgan fingerprint density at radius 3 is 2.48 bits per heavy atom. The average molecular weight is 288 g/mol. The number of halogens is 1. The zero-order valence-electron chi connectivity index (χ0n) is 12.1. The van der Waals surface area contributed by atoms with Gasteiger partial charge in [-0.1, -0.05) is 37.3 Å². The van der Waals surface area contributed by atoms with E-state index in [9.17, 15) is 9.18 Å². The molecule has 0 fully saturated rings. The molecule has 0 spiro atoms. The Balaban J connectivity index is 2.23. The summed E-state index contributed by atoms with van der Waals surface area (Å²) in [5.74, 6) is -0.802. The molecule has 2 aromatic carbocycles. The third-order valence-corrected chi connectivity index (χ3v) is 3.12. The van der Waals surface area contributed by atoms with Crippen LogP contribution in [0.2, 0.25) is 0 Å². The molecule has 2 rings (SSSR count). The van der Waals surface area contributed by atoms with Crippen molar-refractivity contribution in [2.45, 2.75) is 20.0 Å². The Kier molecular flexibility index (Phi) is 4.93. The van der Waals surface area contributed by atoms with Crippen molar-refractivity contribution >= 4 is 5.78 Å². The van der Waals surface area contributed by atoms with Gasteiger partial charge in [0.2, 0.25) is 5.82 Å². The van der Waals surface area contributed by atoms with Gasteiger partial charge in [-0.05, 0) is 17.7 Å². The Bertz CT molecular complexity index is 623. The summed E-state index contributed by atoms with van der Waals surface area (Å²) in [5, 5.41) is 0. The van der Waals surface area contributed by atoms with Crippen molar-refractivity contribution in [1.29, 1.82) is 0 Å². The second-order valence-electron chi connectivity index (χ2n) is 4.51. The number of hydrogen-bond acceptors (Lipinski definition) is 3. The predicted molar refractivity (Wildman–Crippen MR) is 78.3 cm³/mol. The Labute approximate surface area is 123 Å². The van der Waals surface area contributed by atoms with E-state index in [1.165, 1.54) is 19.2 Å². The Morgan fingerprint density at radius 1 is 1.14 bits per heavy atom. The third kappa shape index (κ3) is 3.40. The standard InChI is InChI=1S/C17H17FO3/c1-3-14(19)13-9-10-15(16(18)17(13)20-2)21-11-12-7-5-4-6-8-12/h4-10H,3,11H2,1-2H3. The average Bonchev–Trinajstić information content (AvgIpc) is 2.53. The largest absolute Gasteiger partial charge is 0.493 e. The highest BCUT2D eigenvalue weighted by atomic mass is 19.1. The lowest BCUT2D eigenvalue weighted by Gasteiger charge is -2.12. The van der Waals surface area contributed by atoms with E-state index in [0.717, 1.165) is 5.56 Å². The van der Waals surface area contributed by atoms with Gasteiger partial charge in [0, 0.05) is 6.42 Å².